The summed E-state index contributed by atoms with van der Waals surface area (Å²) in [7, 11) is 0. The zero-order chi connectivity index (χ0) is 16.7. The monoisotopic (exact) mass is 523 g/mol. The third kappa shape index (κ3) is 6.34. The molecule has 0 aliphatic carbocycles. The molecule has 0 saturated heterocycles. The van der Waals surface area contributed by atoms with Gasteiger partial charge in [0, 0.05) is 15.9 Å². The fourth-order valence-corrected chi connectivity index (χ4v) is 3.18. The summed E-state index contributed by atoms with van der Waals surface area (Å²) in [5.41, 5.74) is 5.75. The van der Waals surface area contributed by atoms with Gasteiger partial charge in [-0.1, -0.05) is 41.1 Å². The van der Waals surface area contributed by atoms with Crippen molar-refractivity contribution >= 4 is 57.2 Å². The normalized spacial score (nSPS) is 13.9. The first-order valence-corrected chi connectivity index (χ1v) is 9.25. The van der Waals surface area contributed by atoms with Crippen molar-refractivity contribution in [2.45, 2.75) is 25.4 Å². The summed E-state index contributed by atoms with van der Waals surface area (Å²) in [6.07, 6.45) is 1.49. The molecule has 0 fully saturated rings. The van der Waals surface area contributed by atoms with Crippen LogP contribution < -0.4 is 11.1 Å². The number of nitrogens with zero attached hydrogens (tertiary/aromatic N) is 1. The fraction of sp³-hybridized carbons (Fsp3) is 0.353. The lowest BCUT2D eigenvalue weighted by atomic mass is 9.91. The van der Waals surface area contributed by atoms with Gasteiger partial charge in [-0.15, -0.1) is 35.3 Å². The number of guanidine groups is 1. The van der Waals surface area contributed by atoms with Crippen LogP contribution in [0.15, 0.2) is 51.2 Å². The SMILES string of the molecule is CCC(O)(CN=C(N)NCCc1cccs1)c1ccc(Br)cc1.I. The van der Waals surface area contributed by atoms with E-state index in [9.17, 15) is 5.11 Å². The van der Waals surface area contributed by atoms with Crippen LogP contribution in [0, 0.1) is 0 Å². The van der Waals surface area contributed by atoms with Crippen molar-refractivity contribution in [1.29, 1.82) is 0 Å². The lowest BCUT2D eigenvalue weighted by molar-refractivity contribution is 0.0423. The van der Waals surface area contributed by atoms with Crippen molar-refractivity contribution < 1.29 is 5.11 Å². The molecule has 1 aromatic heterocycles. The Hall–Kier alpha value is -0.640. The molecule has 1 unspecified atom stereocenters. The van der Waals surface area contributed by atoms with Crippen LogP contribution in [-0.4, -0.2) is 24.2 Å². The maximum absolute atomic E-state index is 10.8. The number of aliphatic hydroxyl groups is 1. The molecular formula is C17H23BrIN3OS. The predicted molar refractivity (Wildman–Crippen MR) is 116 cm³/mol. The molecule has 2 rings (SSSR count). The Bertz CT molecular complexity index is 634. The minimum atomic E-state index is -0.999. The molecular weight excluding hydrogens is 501 g/mol. The standard InChI is InChI=1S/C17H22BrN3OS.HI/c1-2-17(22,13-5-7-14(18)8-6-13)12-21-16(19)20-10-9-15-4-3-11-23-15;/h3-8,11,22H,2,9-10,12H2,1H3,(H3,19,20,21);1H. The molecule has 1 aromatic carbocycles. The van der Waals surface area contributed by atoms with Crippen molar-refractivity contribution in [3.05, 3.63) is 56.7 Å². The molecule has 0 radical (unpaired) electrons. The molecule has 0 amide bonds. The zero-order valence-corrected chi connectivity index (χ0v) is 18.3. The van der Waals surface area contributed by atoms with Gasteiger partial charge in [0.1, 0.15) is 5.60 Å². The number of rotatable bonds is 7. The molecule has 0 saturated carbocycles. The van der Waals surface area contributed by atoms with Crippen LogP contribution in [0.4, 0.5) is 0 Å². The van der Waals surface area contributed by atoms with Gasteiger partial charge in [0.25, 0.3) is 0 Å². The second-order valence-corrected chi connectivity index (χ2v) is 7.30. The van der Waals surface area contributed by atoms with Gasteiger partial charge in [-0.3, -0.25) is 4.99 Å². The summed E-state index contributed by atoms with van der Waals surface area (Å²) in [4.78, 5) is 5.62. The first kappa shape index (κ1) is 21.4. The Morgan fingerprint density at radius 3 is 2.62 bits per heavy atom. The third-order valence-electron chi connectivity index (χ3n) is 3.74. The maximum Gasteiger partial charge on any atom is 0.188 e. The van der Waals surface area contributed by atoms with Gasteiger partial charge in [0.15, 0.2) is 5.96 Å². The molecule has 4 N–H and O–H groups in total. The van der Waals surface area contributed by atoms with E-state index < -0.39 is 5.60 Å². The average molecular weight is 524 g/mol. The van der Waals surface area contributed by atoms with Gasteiger partial charge in [-0.25, -0.2) is 0 Å². The third-order valence-corrected chi connectivity index (χ3v) is 5.20. The van der Waals surface area contributed by atoms with E-state index in [1.54, 1.807) is 11.3 Å². The second kappa shape index (κ2) is 10.4. The van der Waals surface area contributed by atoms with Gasteiger partial charge >= 0.3 is 0 Å². The lowest BCUT2D eigenvalue weighted by Crippen LogP contribution is -2.36. The van der Waals surface area contributed by atoms with Crippen LogP contribution >= 0.6 is 51.2 Å². The largest absolute Gasteiger partial charge is 0.383 e. The highest BCUT2D eigenvalue weighted by Crippen LogP contribution is 2.26. The second-order valence-electron chi connectivity index (χ2n) is 5.35. The number of hydrogen-bond donors (Lipinski definition) is 3. The van der Waals surface area contributed by atoms with E-state index in [0.717, 1.165) is 23.0 Å². The smallest absolute Gasteiger partial charge is 0.188 e. The summed E-state index contributed by atoms with van der Waals surface area (Å²) in [5, 5.41) is 16.0. The summed E-state index contributed by atoms with van der Waals surface area (Å²) in [6, 6.07) is 11.8. The van der Waals surface area contributed by atoms with Gasteiger partial charge in [0.2, 0.25) is 0 Å². The number of benzene rings is 1. The van der Waals surface area contributed by atoms with Gasteiger partial charge < -0.3 is 16.2 Å². The summed E-state index contributed by atoms with van der Waals surface area (Å²) in [6.45, 7) is 2.92. The van der Waals surface area contributed by atoms with Gasteiger partial charge in [-0.2, -0.15) is 0 Å². The average Bonchev–Trinajstić information content (AvgIpc) is 3.06. The first-order valence-electron chi connectivity index (χ1n) is 7.58. The van der Waals surface area contributed by atoms with Gasteiger partial charge in [-0.05, 0) is 42.0 Å². The van der Waals surface area contributed by atoms with Crippen molar-refractivity contribution in [2.24, 2.45) is 10.7 Å². The van der Waals surface area contributed by atoms with Crippen molar-refractivity contribution in [3.8, 4) is 0 Å². The fourth-order valence-electron chi connectivity index (χ4n) is 2.21. The van der Waals surface area contributed by atoms with E-state index in [0.29, 0.717) is 12.4 Å². The Morgan fingerprint density at radius 1 is 1.33 bits per heavy atom. The molecule has 0 spiro atoms. The number of aliphatic imine (C=N–C) groups is 1. The predicted octanol–water partition coefficient (Wildman–Crippen LogP) is 3.87. The van der Waals surface area contributed by atoms with Crippen molar-refractivity contribution in [1.82, 2.24) is 5.32 Å². The van der Waals surface area contributed by atoms with E-state index in [1.807, 2.05) is 37.3 Å². The molecule has 132 valence electrons. The van der Waals surface area contributed by atoms with E-state index >= 15 is 0 Å². The van der Waals surface area contributed by atoms with Crippen LogP contribution in [-0.2, 0) is 12.0 Å². The molecule has 1 heterocycles. The first-order chi connectivity index (χ1) is 11.0. The number of hydrogen-bond acceptors (Lipinski definition) is 3. The molecule has 1 atom stereocenters. The summed E-state index contributed by atoms with van der Waals surface area (Å²) in [5.74, 6) is 0.366. The highest BCUT2D eigenvalue weighted by Gasteiger charge is 2.26. The number of nitrogens with one attached hydrogen (secondary N) is 1. The minimum Gasteiger partial charge on any atom is -0.383 e. The highest BCUT2D eigenvalue weighted by atomic mass is 127. The van der Waals surface area contributed by atoms with Crippen LogP contribution in [0.2, 0.25) is 0 Å². The molecule has 0 bridgehead atoms. The van der Waals surface area contributed by atoms with Crippen LogP contribution in [0.5, 0.6) is 0 Å². The van der Waals surface area contributed by atoms with E-state index in [1.165, 1.54) is 4.88 Å². The maximum atomic E-state index is 10.8. The van der Waals surface area contributed by atoms with Crippen LogP contribution in [0.1, 0.15) is 23.8 Å². The molecule has 4 nitrogen and oxygen atoms in total. The molecule has 7 heteroatoms. The Morgan fingerprint density at radius 2 is 2.04 bits per heavy atom. The number of thiophene rings is 1. The van der Waals surface area contributed by atoms with E-state index in [4.69, 9.17) is 5.73 Å². The Kier molecular flexibility index (Phi) is 9.25. The van der Waals surface area contributed by atoms with E-state index in [2.05, 4.69) is 37.7 Å². The zero-order valence-electron chi connectivity index (χ0n) is 13.5. The summed E-state index contributed by atoms with van der Waals surface area (Å²) >= 11 is 5.13. The van der Waals surface area contributed by atoms with Crippen molar-refractivity contribution in [3.63, 3.8) is 0 Å². The number of nitrogens with two attached hydrogens (primary N) is 1. The van der Waals surface area contributed by atoms with Crippen molar-refractivity contribution in [2.75, 3.05) is 13.1 Å². The Labute approximate surface area is 172 Å². The Balaban J connectivity index is 0.00000288. The van der Waals surface area contributed by atoms with Gasteiger partial charge in [0.05, 0.1) is 6.54 Å². The van der Waals surface area contributed by atoms with E-state index in [-0.39, 0.29) is 30.5 Å². The highest BCUT2D eigenvalue weighted by molar-refractivity contribution is 14.0. The molecule has 0 aliphatic heterocycles. The summed E-state index contributed by atoms with van der Waals surface area (Å²) < 4.78 is 0.984. The lowest BCUT2D eigenvalue weighted by Gasteiger charge is -2.25. The topological polar surface area (TPSA) is 70.6 Å². The van der Waals surface area contributed by atoms with Crippen LogP contribution in [0.3, 0.4) is 0 Å². The minimum absolute atomic E-state index is 0. The molecule has 0 aliphatic rings. The molecule has 2 aromatic rings. The van der Waals surface area contributed by atoms with Crippen LogP contribution in [0.25, 0.3) is 0 Å². The number of halogens is 2. The quantitative estimate of drug-likeness (QED) is 0.293. The molecule has 24 heavy (non-hydrogen) atoms.